The fourth-order valence-corrected chi connectivity index (χ4v) is 1.81. The summed E-state index contributed by atoms with van der Waals surface area (Å²) in [6, 6.07) is 6.14. The lowest BCUT2D eigenvalue weighted by molar-refractivity contribution is 0.0865. The lowest BCUT2D eigenvalue weighted by atomic mass is 10.0. The highest BCUT2D eigenvalue weighted by Gasteiger charge is 2.21. The van der Waals surface area contributed by atoms with E-state index in [-0.39, 0.29) is 0 Å². The second-order valence-electron chi connectivity index (χ2n) is 3.55. The molecule has 1 atom stereocenters. The first-order chi connectivity index (χ1) is 6.81. The maximum atomic E-state index is 5.66. The Bertz CT molecular complexity index is 325. The summed E-state index contributed by atoms with van der Waals surface area (Å²) in [5, 5.41) is 0. The van der Waals surface area contributed by atoms with Gasteiger partial charge in [0.2, 0.25) is 0 Å². The maximum absolute atomic E-state index is 5.66. The van der Waals surface area contributed by atoms with Crippen molar-refractivity contribution < 1.29 is 9.57 Å². The molecule has 0 bridgehead atoms. The Balaban J connectivity index is 2.21. The predicted octanol–water partition coefficient (Wildman–Crippen LogP) is 1.66. The number of fused-ring (bicyclic) bond motifs is 1. The van der Waals surface area contributed by atoms with Gasteiger partial charge in [0.25, 0.3) is 0 Å². The summed E-state index contributed by atoms with van der Waals surface area (Å²) in [5.74, 6) is 1.02. The van der Waals surface area contributed by atoms with Crippen molar-refractivity contribution in [1.82, 2.24) is 5.48 Å². The molecule has 2 rings (SSSR count). The minimum Gasteiger partial charge on any atom is -0.490 e. The van der Waals surface area contributed by atoms with Crippen LogP contribution < -0.4 is 10.2 Å². The van der Waals surface area contributed by atoms with Gasteiger partial charge in [0, 0.05) is 18.5 Å². The van der Waals surface area contributed by atoms with E-state index in [9.17, 15) is 0 Å². The van der Waals surface area contributed by atoms with Crippen LogP contribution in [0.5, 0.6) is 5.75 Å². The van der Waals surface area contributed by atoms with Crippen LogP contribution in [0.2, 0.25) is 0 Å². The third-order valence-electron chi connectivity index (χ3n) is 2.46. The molecular formula is C11H15NO2. The third-order valence-corrected chi connectivity index (χ3v) is 2.46. The average Bonchev–Trinajstić information content (AvgIpc) is 2.55. The summed E-state index contributed by atoms with van der Waals surface area (Å²) in [6.45, 7) is 2.82. The molecular weight excluding hydrogens is 178 g/mol. The van der Waals surface area contributed by atoms with E-state index < -0.39 is 0 Å². The molecule has 0 saturated carbocycles. The van der Waals surface area contributed by atoms with Gasteiger partial charge >= 0.3 is 0 Å². The van der Waals surface area contributed by atoms with E-state index in [0.29, 0.717) is 6.10 Å². The normalized spacial score (nSPS) is 19.1. The molecule has 76 valence electrons. The number of hydroxylamine groups is 1. The van der Waals surface area contributed by atoms with Gasteiger partial charge < -0.3 is 9.57 Å². The van der Waals surface area contributed by atoms with Crippen LogP contribution in [0.1, 0.15) is 18.1 Å². The lowest BCUT2D eigenvalue weighted by Gasteiger charge is -2.06. The number of hydrogen-bond acceptors (Lipinski definition) is 3. The van der Waals surface area contributed by atoms with Gasteiger partial charge in [0.15, 0.2) is 0 Å². The van der Waals surface area contributed by atoms with Gasteiger partial charge in [-0.15, -0.1) is 0 Å². The molecule has 1 aromatic carbocycles. The number of nitrogens with one attached hydrogen (secondary N) is 1. The Morgan fingerprint density at radius 3 is 3.21 bits per heavy atom. The third kappa shape index (κ3) is 1.74. The molecule has 1 heterocycles. The van der Waals surface area contributed by atoms with Crippen LogP contribution in [0.25, 0.3) is 0 Å². The molecule has 0 aromatic heterocycles. The van der Waals surface area contributed by atoms with Gasteiger partial charge in [0.05, 0.1) is 7.11 Å². The predicted molar refractivity (Wildman–Crippen MR) is 54.1 cm³/mol. The quantitative estimate of drug-likeness (QED) is 0.740. The lowest BCUT2D eigenvalue weighted by Crippen LogP contribution is -2.12. The van der Waals surface area contributed by atoms with Gasteiger partial charge in [-0.05, 0) is 18.6 Å². The van der Waals surface area contributed by atoms with E-state index in [2.05, 4.69) is 18.5 Å². The molecule has 0 radical (unpaired) electrons. The molecule has 14 heavy (non-hydrogen) atoms. The number of ether oxygens (including phenoxy) is 1. The smallest absolute Gasteiger partial charge is 0.123 e. The maximum Gasteiger partial charge on any atom is 0.123 e. The fourth-order valence-electron chi connectivity index (χ4n) is 1.81. The molecule has 0 saturated heterocycles. The standard InChI is InChI=1S/C11H15NO2/c1-8-6-10-9(7-12-13-2)4-3-5-11(10)14-8/h3-5,8,12H,6-7H2,1-2H3. The first kappa shape index (κ1) is 9.49. The number of hydrogen-bond donors (Lipinski definition) is 1. The SMILES string of the molecule is CONCc1cccc2c1CC(C)O2. The van der Waals surface area contributed by atoms with Crippen molar-refractivity contribution in [3.63, 3.8) is 0 Å². The Kier molecular flexibility index (Phi) is 2.70. The van der Waals surface area contributed by atoms with Crippen molar-refractivity contribution in [2.75, 3.05) is 7.11 Å². The van der Waals surface area contributed by atoms with E-state index in [0.717, 1.165) is 18.7 Å². The van der Waals surface area contributed by atoms with Gasteiger partial charge in [0.1, 0.15) is 11.9 Å². The highest BCUT2D eigenvalue weighted by Crippen LogP contribution is 2.31. The van der Waals surface area contributed by atoms with Crippen LogP contribution in [-0.2, 0) is 17.8 Å². The molecule has 0 fully saturated rings. The number of rotatable bonds is 3. The zero-order chi connectivity index (χ0) is 9.97. The Hall–Kier alpha value is -1.06. The largest absolute Gasteiger partial charge is 0.490 e. The minimum atomic E-state index is 0.300. The van der Waals surface area contributed by atoms with Crippen LogP contribution in [0.4, 0.5) is 0 Å². The summed E-state index contributed by atoms with van der Waals surface area (Å²) in [6.07, 6.45) is 1.30. The highest BCUT2D eigenvalue weighted by atomic mass is 16.6. The van der Waals surface area contributed by atoms with Gasteiger partial charge in [-0.25, -0.2) is 0 Å². The van der Waals surface area contributed by atoms with Crippen molar-refractivity contribution in [3.05, 3.63) is 29.3 Å². The van der Waals surface area contributed by atoms with Crippen LogP contribution in [0.3, 0.4) is 0 Å². The number of benzene rings is 1. The van der Waals surface area contributed by atoms with E-state index in [1.807, 2.05) is 12.1 Å². The molecule has 1 aromatic rings. The van der Waals surface area contributed by atoms with Crippen LogP contribution >= 0.6 is 0 Å². The second-order valence-corrected chi connectivity index (χ2v) is 3.55. The zero-order valence-electron chi connectivity index (χ0n) is 8.54. The fraction of sp³-hybridized carbons (Fsp3) is 0.455. The first-order valence-electron chi connectivity index (χ1n) is 4.84. The van der Waals surface area contributed by atoms with E-state index >= 15 is 0 Å². The van der Waals surface area contributed by atoms with Crippen LogP contribution in [0.15, 0.2) is 18.2 Å². The first-order valence-corrected chi connectivity index (χ1v) is 4.84. The van der Waals surface area contributed by atoms with Crippen molar-refractivity contribution in [1.29, 1.82) is 0 Å². The molecule has 1 aliphatic heterocycles. The summed E-state index contributed by atoms with van der Waals surface area (Å²) < 4.78 is 5.66. The topological polar surface area (TPSA) is 30.5 Å². The molecule has 0 amide bonds. The minimum absolute atomic E-state index is 0.300. The summed E-state index contributed by atoms with van der Waals surface area (Å²) in [4.78, 5) is 4.84. The zero-order valence-corrected chi connectivity index (χ0v) is 8.54. The molecule has 0 spiro atoms. The van der Waals surface area contributed by atoms with Crippen molar-refractivity contribution >= 4 is 0 Å². The highest BCUT2D eigenvalue weighted by molar-refractivity contribution is 5.43. The average molecular weight is 193 g/mol. The molecule has 0 aliphatic carbocycles. The molecule has 1 unspecified atom stereocenters. The summed E-state index contributed by atoms with van der Waals surface area (Å²) in [7, 11) is 1.63. The molecule has 1 aliphatic rings. The Labute approximate surface area is 84.0 Å². The van der Waals surface area contributed by atoms with E-state index in [1.54, 1.807) is 7.11 Å². The van der Waals surface area contributed by atoms with Crippen molar-refractivity contribution in [2.45, 2.75) is 26.0 Å². The summed E-state index contributed by atoms with van der Waals surface area (Å²) >= 11 is 0. The Morgan fingerprint density at radius 2 is 2.43 bits per heavy atom. The van der Waals surface area contributed by atoms with Gasteiger partial charge in [-0.2, -0.15) is 5.48 Å². The molecule has 3 nitrogen and oxygen atoms in total. The monoisotopic (exact) mass is 193 g/mol. The Morgan fingerprint density at radius 1 is 1.57 bits per heavy atom. The van der Waals surface area contributed by atoms with Crippen molar-refractivity contribution in [2.24, 2.45) is 0 Å². The van der Waals surface area contributed by atoms with Gasteiger partial charge in [-0.1, -0.05) is 12.1 Å². The van der Waals surface area contributed by atoms with Crippen LogP contribution in [0, 0.1) is 0 Å². The second kappa shape index (κ2) is 3.98. The summed E-state index contributed by atoms with van der Waals surface area (Å²) in [5.41, 5.74) is 5.42. The molecule has 1 N–H and O–H groups in total. The van der Waals surface area contributed by atoms with Gasteiger partial charge in [-0.3, -0.25) is 0 Å². The van der Waals surface area contributed by atoms with E-state index in [1.165, 1.54) is 11.1 Å². The molecule has 3 heteroatoms. The van der Waals surface area contributed by atoms with E-state index in [4.69, 9.17) is 9.57 Å². The van der Waals surface area contributed by atoms with Crippen LogP contribution in [-0.4, -0.2) is 13.2 Å². The van der Waals surface area contributed by atoms with Crippen molar-refractivity contribution in [3.8, 4) is 5.75 Å².